The zero-order chi connectivity index (χ0) is 13.1. The molecule has 0 saturated carbocycles. The van der Waals surface area contributed by atoms with E-state index in [1.54, 1.807) is 18.0 Å². The smallest absolute Gasteiger partial charge is 0.225 e. The Balaban J connectivity index is 2.77. The van der Waals surface area contributed by atoms with Gasteiger partial charge in [0, 0.05) is 31.3 Å². The number of hydrogen-bond donors (Lipinski definition) is 1. The summed E-state index contributed by atoms with van der Waals surface area (Å²) in [5.74, 6) is 0.00315. The standard InChI is InChI=1S/C12H21N3O2/c1-12(2,3)11(16)14-10(8-17-5)9-6-13-15(4)7-9/h6-7,10H,8H2,1-5H3,(H,14,16). The maximum atomic E-state index is 11.9. The molecule has 1 aromatic heterocycles. The summed E-state index contributed by atoms with van der Waals surface area (Å²) in [6.45, 7) is 6.09. The van der Waals surface area contributed by atoms with Gasteiger partial charge in [-0.1, -0.05) is 20.8 Å². The lowest BCUT2D eigenvalue weighted by molar-refractivity contribution is -0.129. The fourth-order valence-electron chi connectivity index (χ4n) is 1.38. The average Bonchev–Trinajstić information content (AvgIpc) is 2.62. The molecule has 1 N–H and O–H groups in total. The number of ether oxygens (including phenoxy) is 1. The molecule has 0 aromatic carbocycles. The van der Waals surface area contributed by atoms with Gasteiger partial charge in [0.05, 0.1) is 18.8 Å². The number of rotatable bonds is 4. The molecule has 0 spiro atoms. The van der Waals surface area contributed by atoms with E-state index in [1.165, 1.54) is 0 Å². The largest absolute Gasteiger partial charge is 0.382 e. The quantitative estimate of drug-likeness (QED) is 0.861. The first-order valence-electron chi connectivity index (χ1n) is 5.63. The Hall–Kier alpha value is -1.36. The fraction of sp³-hybridized carbons (Fsp3) is 0.667. The summed E-state index contributed by atoms with van der Waals surface area (Å²) in [5.41, 5.74) is 0.542. The lowest BCUT2D eigenvalue weighted by Gasteiger charge is -2.23. The maximum absolute atomic E-state index is 11.9. The van der Waals surface area contributed by atoms with Crippen LogP contribution in [0.3, 0.4) is 0 Å². The van der Waals surface area contributed by atoms with Crippen molar-refractivity contribution in [3.05, 3.63) is 18.0 Å². The first-order valence-corrected chi connectivity index (χ1v) is 5.63. The molecule has 1 amide bonds. The SMILES string of the molecule is COCC(NC(=O)C(C)(C)C)c1cnn(C)c1. The highest BCUT2D eigenvalue weighted by atomic mass is 16.5. The second kappa shape index (κ2) is 5.31. The second-order valence-corrected chi connectivity index (χ2v) is 5.18. The molecule has 1 unspecified atom stereocenters. The molecular formula is C12H21N3O2. The fourth-order valence-corrected chi connectivity index (χ4v) is 1.38. The Morgan fingerprint density at radius 3 is 2.65 bits per heavy atom. The van der Waals surface area contributed by atoms with Crippen LogP contribution in [0.5, 0.6) is 0 Å². The van der Waals surface area contributed by atoms with Crippen LogP contribution in [0.15, 0.2) is 12.4 Å². The molecule has 0 aliphatic rings. The monoisotopic (exact) mass is 239 g/mol. The van der Waals surface area contributed by atoms with Crippen LogP contribution in [0.2, 0.25) is 0 Å². The molecule has 1 heterocycles. The summed E-state index contributed by atoms with van der Waals surface area (Å²) in [5, 5.41) is 7.07. The maximum Gasteiger partial charge on any atom is 0.225 e. The molecule has 1 aromatic rings. The minimum atomic E-state index is -0.409. The van der Waals surface area contributed by atoms with Crippen molar-refractivity contribution in [2.24, 2.45) is 12.5 Å². The van der Waals surface area contributed by atoms with Gasteiger partial charge in [0.25, 0.3) is 0 Å². The van der Waals surface area contributed by atoms with Gasteiger partial charge < -0.3 is 10.1 Å². The number of aromatic nitrogens is 2. The predicted octanol–water partition coefficient (Wildman–Crippen LogP) is 1.27. The lowest BCUT2D eigenvalue weighted by Crippen LogP contribution is -2.38. The number of carbonyl (C=O) groups excluding carboxylic acids is 1. The van der Waals surface area contributed by atoms with Crippen molar-refractivity contribution in [2.75, 3.05) is 13.7 Å². The van der Waals surface area contributed by atoms with Crippen molar-refractivity contribution in [3.8, 4) is 0 Å². The minimum Gasteiger partial charge on any atom is -0.382 e. The van der Waals surface area contributed by atoms with E-state index in [2.05, 4.69) is 10.4 Å². The van der Waals surface area contributed by atoms with E-state index in [4.69, 9.17) is 4.74 Å². The van der Waals surface area contributed by atoms with Crippen molar-refractivity contribution in [3.63, 3.8) is 0 Å². The van der Waals surface area contributed by atoms with Crippen LogP contribution in [-0.4, -0.2) is 29.4 Å². The van der Waals surface area contributed by atoms with Crippen LogP contribution < -0.4 is 5.32 Å². The number of aryl methyl sites for hydroxylation is 1. The third-order valence-electron chi connectivity index (χ3n) is 2.45. The molecule has 5 nitrogen and oxygen atoms in total. The number of methoxy groups -OCH3 is 1. The predicted molar refractivity (Wildman–Crippen MR) is 65.4 cm³/mol. The van der Waals surface area contributed by atoms with Crippen molar-refractivity contribution in [1.29, 1.82) is 0 Å². The number of nitrogens with zero attached hydrogens (tertiary/aromatic N) is 2. The number of nitrogens with one attached hydrogen (secondary N) is 1. The highest BCUT2D eigenvalue weighted by Crippen LogP contribution is 2.18. The van der Waals surface area contributed by atoms with Crippen molar-refractivity contribution in [2.45, 2.75) is 26.8 Å². The Labute approximate surface area is 102 Å². The van der Waals surface area contributed by atoms with Crippen LogP contribution in [0.25, 0.3) is 0 Å². The van der Waals surface area contributed by atoms with Crippen molar-refractivity contribution in [1.82, 2.24) is 15.1 Å². The van der Waals surface area contributed by atoms with Gasteiger partial charge in [-0.15, -0.1) is 0 Å². The van der Waals surface area contributed by atoms with Gasteiger partial charge >= 0.3 is 0 Å². The molecule has 17 heavy (non-hydrogen) atoms. The molecular weight excluding hydrogens is 218 g/mol. The van der Waals surface area contributed by atoms with Gasteiger partial charge in [-0.3, -0.25) is 9.48 Å². The molecule has 0 aliphatic heterocycles. The zero-order valence-corrected chi connectivity index (χ0v) is 11.2. The number of carbonyl (C=O) groups is 1. The highest BCUT2D eigenvalue weighted by Gasteiger charge is 2.25. The molecule has 1 rings (SSSR count). The summed E-state index contributed by atoms with van der Waals surface area (Å²) >= 11 is 0. The van der Waals surface area contributed by atoms with E-state index in [9.17, 15) is 4.79 Å². The molecule has 0 radical (unpaired) electrons. The molecule has 0 fully saturated rings. The van der Waals surface area contributed by atoms with E-state index in [1.807, 2.05) is 34.0 Å². The summed E-state index contributed by atoms with van der Waals surface area (Å²) in [7, 11) is 3.46. The van der Waals surface area contributed by atoms with Crippen LogP contribution in [0.4, 0.5) is 0 Å². The molecule has 0 saturated heterocycles. The molecule has 96 valence electrons. The van der Waals surface area contributed by atoms with Gasteiger partial charge in [-0.05, 0) is 0 Å². The Morgan fingerprint density at radius 2 is 2.24 bits per heavy atom. The van der Waals surface area contributed by atoms with Crippen molar-refractivity contribution >= 4 is 5.91 Å². The van der Waals surface area contributed by atoms with E-state index in [-0.39, 0.29) is 11.9 Å². The Morgan fingerprint density at radius 1 is 1.59 bits per heavy atom. The number of hydrogen-bond acceptors (Lipinski definition) is 3. The normalized spacial score (nSPS) is 13.5. The van der Waals surface area contributed by atoms with Gasteiger partial charge in [-0.2, -0.15) is 5.10 Å². The zero-order valence-electron chi connectivity index (χ0n) is 11.2. The average molecular weight is 239 g/mol. The summed E-state index contributed by atoms with van der Waals surface area (Å²) in [6, 6.07) is -0.152. The molecule has 1 atom stereocenters. The first kappa shape index (κ1) is 13.7. The van der Waals surface area contributed by atoms with Gasteiger partial charge in [0.15, 0.2) is 0 Å². The molecule has 0 bridgehead atoms. The second-order valence-electron chi connectivity index (χ2n) is 5.18. The van der Waals surface area contributed by atoms with Gasteiger partial charge in [0.1, 0.15) is 0 Å². The van der Waals surface area contributed by atoms with E-state index >= 15 is 0 Å². The summed E-state index contributed by atoms with van der Waals surface area (Å²) in [6.07, 6.45) is 3.62. The van der Waals surface area contributed by atoms with E-state index in [0.29, 0.717) is 6.61 Å². The summed E-state index contributed by atoms with van der Waals surface area (Å²) in [4.78, 5) is 11.9. The Kier molecular flexibility index (Phi) is 4.28. The van der Waals surface area contributed by atoms with Crippen LogP contribution >= 0.6 is 0 Å². The Bertz CT molecular complexity index is 379. The number of amides is 1. The summed E-state index contributed by atoms with van der Waals surface area (Å²) < 4.78 is 6.84. The van der Waals surface area contributed by atoms with Gasteiger partial charge in [-0.25, -0.2) is 0 Å². The topological polar surface area (TPSA) is 56.1 Å². The molecule has 0 aliphatic carbocycles. The van der Waals surface area contributed by atoms with Crippen LogP contribution in [0.1, 0.15) is 32.4 Å². The van der Waals surface area contributed by atoms with Crippen LogP contribution in [0, 0.1) is 5.41 Å². The van der Waals surface area contributed by atoms with Crippen molar-refractivity contribution < 1.29 is 9.53 Å². The van der Waals surface area contributed by atoms with Crippen LogP contribution in [-0.2, 0) is 16.6 Å². The van der Waals surface area contributed by atoms with E-state index in [0.717, 1.165) is 5.56 Å². The van der Waals surface area contributed by atoms with Gasteiger partial charge in [0.2, 0.25) is 5.91 Å². The lowest BCUT2D eigenvalue weighted by atomic mass is 9.95. The third kappa shape index (κ3) is 3.85. The first-order chi connectivity index (χ1) is 7.84. The molecule has 5 heteroatoms. The third-order valence-corrected chi connectivity index (χ3v) is 2.45. The van der Waals surface area contributed by atoms with E-state index < -0.39 is 5.41 Å². The highest BCUT2D eigenvalue weighted by molar-refractivity contribution is 5.81. The minimum absolute atomic E-state index is 0.00315.